The minimum Gasteiger partial charge on any atom is -0.508 e. The Kier molecular flexibility index (Phi) is 5.65. The van der Waals surface area contributed by atoms with Gasteiger partial charge >= 0.3 is 12.1 Å². The standard InChI is InChI=1S/C19H22N4O4/c1-27-19(26)21-15-4-2-3-14(13-15)20-18(25)23-11-9-22(10-12-23)16-5-7-17(24)8-6-16/h2-8,13,24H,9-12H2,1H3,(H,20,25)(H,21,26). The highest BCUT2D eigenvalue weighted by Crippen LogP contribution is 2.20. The van der Waals surface area contributed by atoms with Crippen molar-refractivity contribution in [3.8, 4) is 5.75 Å². The van der Waals surface area contributed by atoms with E-state index < -0.39 is 6.09 Å². The Morgan fingerprint density at radius 3 is 2.22 bits per heavy atom. The van der Waals surface area contributed by atoms with Crippen LogP contribution in [-0.4, -0.2) is 55.4 Å². The molecular formula is C19H22N4O4. The fourth-order valence-corrected chi connectivity index (χ4v) is 2.88. The van der Waals surface area contributed by atoms with Crippen molar-refractivity contribution in [3.63, 3.8) is 0 Å². The summed E-state index contributed by atoms with van der Waals surface area (Å²) in [5.74, 6) is 0.237. The quantitative estimate of drug-likeness (QED) is 0.772. The van der Waals surface area contributed by atoms with Crippen molar-refractivity contribution in [1.82, 2.24) is 4.90 Å². The average molecular weight is 370 g/mol. The van der Waals surface area contributed by atoms with Crippen LogP contribution < -0.4 is 15.5 Å². The van der Waals surface area contributed by atoms with Crippen LogP contribution in [0, 0.1) is 0 Å². The van der Waals surface area contributed by atoms with Crippen LogP contribution in [-0.2, 0) is 4.74 Å². The number of nitrogens with one attached hydrogen (secondary N) is 2. The summed E-state index contributed by atoms with van der Waals surface area (Å²) >= 11 is 0. The number of hydrogen-bond acceptors (Lipinski definition) is 5. The lowest BCUT2D eigenvalue weighted by Crippen LogP contribution is -2.50. The van der Waals surface area contributed by atoms with Crippen molar-refractivity contribution in [1.29, 1.82) is 0 Å². The van der Waals surface area contributed by atoms with E-state index in [9.17, 15) is 14.7 Å². The molecule has 8 nitrogen and oxygen atoms in total. The number of carbonyl (C=O) groups is 2. The van der Waals surface area contributed by atoms with Gasteiger partial charge in [0.2, 0.25) is 0 Å². The summed E-state index contributed by atoms with van der Waals surface area (Å²) in [4.78, 5) is 27.7. The first-order chi connectivity index (χ1) is 13.0. The summed E-state index contributed by atoms with van der Waals surface area (Å²) in [6.45, 7) is 2.60. The molecule has 0 bridgehead atoms. The molecule has 1 aliphatic heterocycles. The number of piperazine rings is 1. The molecule has 1 aliphatic rings. The fraction of sp³-hybridized carbons (Fsp3) is 0.263. The molecule has 1 fully saturated rings. The van der Waals surface area contributed by atoms with E-state index in [4.69, 9.17) is 0 Å². The molecule has 1 heterocycles. The molecule has 2 aromatic rings. The maximum atomic E-state index is 12.5. The molecule has 27 heavy (non-hydrogen) atoms. The zero-order valence-corrected chi connectivity index (χ0v) is 15.0. The molecule has 0 saturated carbocycles. The largest absolute Gasteiger partial charge is 0.508 e. The van der Waals surface area contributed by atoms with Gasteiger partial charge in [-0.05, 0) is 42.5 Å². The number of aromatic hydroxyl groups is 1. The minimum atomic E-state index is -0.566. The Morgan fingerprint density at radius 2 is 1.59 bits per heavy atom. The van der Waals surface area contributed by atoms with Crippen LogP contribution in [0.2, 0.25) is 0 Å². The Hall–Kier alpha value is -3.42. The van der Waals surface area contributed by atoms with Gasteiger partial charge in [-0.3, -0.25) is 5.32 Å². The zero-order chi connectivity index (χ0) is 19.2. The van der Waals surface area contributed by atoms with E-state index in [1.807, 2.05) is 12.1 Å². The van der Waals surface area contributed by atoms with Gasteiger partial charge in [-0.15, -0.1) is 0 Å². The zero-order valence-electron chi connectivity index (χ0n) is 15.0. The van der Waals surface area contributed by atoms with Crippen LogP contribution in [0.5, 0.6) is 5.75 Å². The summed E-state index contributed by atoms with van der Waals surface area (Å²) in [7, 11) is 1.29. The van der Waals surface area contributed by atoms with Gasteiger partial charge in [-0.2, -0.15) is 0 Å². The molecule has 0 atom stereocenters. The number of hydrogen-bond donors (Lipinski definition) is 3. The number of phenols is 1. The monoisotopic (exact) mass is 370 g/mol. The van der Waals surface area contributed by atoms with Gasteiger partial charge in [0.1, 0.15) is 5.75 Å². The lowest BCUT2D eigenvalue weighted by molar-refractivity contribution is 0.187. The maximum Gasteiger partial charge on any atom is 0.411 e. The fourth-order valence-electron chi connectivity index (χ4n) is 2.88. The van der Waals surface area contributed by atoms with Gasteiger partial charge in [-0.1, -0.05) is 6.07 Å². The highest BCUT2D eigenvalue weighted by Gasteiger charge is 2.21. The molecule has 3 amide bonds. The third-order valence-corrected chi connectivity index (χ3v) is 4.33. The lowest BCUT2D eigenvalue weighted by atomic mass is 10.2. The highest BCUT2D eigenvalue weighted by molar-refractivity contribution is 5.91. The number of ether oxygens (including phenoxy) is 1. The Morgan fingerprint density at radius 1 is 0.963 bits per heavy atom. The first-order valence-electron chi connectivity index (χ1n) is 8.60. The van der Waals surface area contributed by atoms with Gasteiger partial charge in [-0.25, -0.2) is 9.59 Å². The van der Waals surface area contributed by atoms with Crippen molar-refractivity contribution >= 4 is 29.2 Å². The van der Waals surface area contributed by atoms with Crippen LogP contribution >= 0.6 is 0 Å². The van der Waals surface area contributed by atoms with E-state index in [1.165, 1.54) is 7.11 Å². The van der Waals surface area contributed by atoms with Crippen molar-refractivity contribution in [2.75, 3.05) is 48.8 Å². The highest BCUT2D eigenvalue weighted by atomic mass is 16.5. The van der Waals surface area contributed by atoms with Crippen LogP contribution in [0.3, 0.4) is 0 Å². The average Bonchev–Trinajstić information content (AvgIpc) is 2.69. The second kappa shape index (κ2) is 8.31. The molecule has 2 aromatic carbocycles. The minimum absolute atomic E-state index is 0.185. The molecule has 0 aliphatic carbocycles. The third kappa shape index (κ3) is 4.81. The smallest absolute Gasteiger partial charge is 0.411 e. The summed E-state index contributed by atoms with van der Waals surface area (Å²) in [6.07, 6.45) is -0.566. The molecule has 1 saturated heterocycles. The van der Waals surface area contributed by atoms with Crippen LogP contribution in [0.25, 0.3) is 0 Å². The number of amides is 3. The molecule has 0 aromatic heterocycles. The molecule has 0 unspecified atom stereocenters. The Labute approximate surface area is 157 Å². The van der Waals surface area contributed by atoms with Gasteiger partial charge < -0.3 is 25.0 Å². The van der Waals surface area contributed by atoms with E-state index >= 15 is 0 Å². The first kappa shape index (κ1) is 18.4. The number of urea groups is 1. The van der Waals surface area contributed by atoms with Gasteiger partial charge in [0, 0.05) is 43.2 Å². The number of anilines is 3. The number of methoxy groups -OCH3 is 1. The number of rotatable bonds is 3. The maximum absolute atomic E-state index is 12.5. The first-order valence-corrected chi connectivity index (χ1v) is 8.60. The predicted octanol–water partition coefficient (Wildman–Crippen LogP) is 2.92. The molecule has 0 spiro atoms. The van der Waals surface area contributed by atoms with Gasteiger partial charge in [0.25, 0.3) is 0 Å². The van der Waals surface area contributed by atoms with Crippen molar-refractivity contribution in [3.05, 3.63) is 48.5 Å². The summed E-state index contributed by atoms with van der Waals surface area (Å²) in [6, 6.07) is 13.7. The molecule has 0 radical (unpaired) electrons. The van der Waals surface area contributed by atoms with Crippen molar-refractivity contribution in [2.45, 2.75) is 0 Å². The molecule has 8 heteroatoms. The topological polar surface area (TPSA) is 94.1 Å². The second-order valence-electron chi connectivity index (χ2n) is 6.12. The van der Waals surface area contributed by atoms with Crippen LogP contribution in [0.15, 0.2) is 48.5 Å². The normalized spacial score (nSPS) is 13.8. The van der Waals surface area contributed by atoms with Crippen molar-refractivity contribution < 1.29 is 19.4 Å². The summed E-state index contributed by atoms with van der Waals surface area (Å²) in [5, 5.41) is 14.8. The number of carbonyl (C=O) groups excluding carboxylic acids is 2. The van der Waals surface area contributed by atoms with E-state index in [2.05, 4.69) is 20.3 Å². The van der Waals surface area contributed by atoms with Crippen LogP contribution in [0.1, 0.15) is 0 Å². The predicted molar refractivity (Wildman–Crippen MR) is 103 cm³/mol. The lowest BCUT2D eigenvalue weighted by Gasteiger charge is -2.36. The van der Waals surface area contributed by atoms with E-state index in [-0.39, 0.29) is 11.8 Å². The van der Waals surface area contributed by atoms with Gasteiger partial charge in [0.05, 0.1) is 7.11 Å². The van der Waals surface area contributed by atoms with Crippen LogP contribution in [0.4, 0.5) is 26.7 Å². The molecule has 3 N–H and O–H groups in total. The summed E-state index contributed by atoms with van der Waals surface area (Å²) < 4.78 is 4.56. The molecule has 3 rings (SSSR count). The van der Waals surface area contributed by atoms with Crippen molar-refractivity contribution in [2.24, 2.45) is 0 Å². The Balaban J connectivity index is 1.54. The number of phenolic OH excluding ortho intramolecular Hbond substituents is 1. The SMILES string of the molecule is COC(=O)Nc1cccc(NC(=O)N2CCN(c3ccc(O)cc3)CC2)c1. The number of nitrogens with zero attached hydrogens (tertiary/aromatic N) is 2. The van der Waals surface area contributed by atoms with E-state index in [1.54, 1.807) is 41.3 Å². The second-order valence-corrected chi connectivity index (χ2v) is 6.12. The Bertz CT molecular complexity index is 802. The molecular weight excluding hydrogens is 348 g/mol. The van der Waals surface area contributed by atoms with Gasteiger partial charge in [0.15, 0.2) is 0 Å². The van der Waals surface area contributed by atoms with E-state index in [0.29, 0.717) is 37.6 Å². The number of benzene rings is 2. The molecule has 142 valence electrons. The van der Waals surface area contributed by atoms with E-state index in [0.717, 1.165) is 5.69 Å². The third-order valence-electron chi connectivity index (χ3n) is 4.33. The summed E-state index contributed by atoms with van der Waals surface area (Å²) in [5.41, 5.74) is 2.15.